The van der Waals surface area contributed by atoms with Gasteiger partial charge in [-0.2, -0.15) is 0 Å². The first-order chi connectivity index (χ1) is 14.4. The van der Waals surface area contributed by atoms with Crippen molar-refractivity contribution < 1.29 is 9.90 Å². The molecule has 2 aromatic carbocycles. The Morgan fingerprint density at radius 2 is 1.83 bits per heavy atom. The molecule has 0 bridgehead atoms. The number of carboxylic acid groups (broad SMARTS) is 1. The summed E-state index contributed by atoms with van der Waals surface area (Å²) < 4.78 is 0. The van der Waals surface area contributed by atoms with Gasteiger partial charge in [0.2, 0.25) is 0 Å². The van der Waals surface area contributed by atoms with E-state index in [-0.39, 0.29) is 6.47 Å². The van der Waals surface area contributed by atoms with E-state index >= 15 is 0 Å². The van der Waals surface area contributed by atoms with Crippen molar-refractivity contribution in [2.45, 2.75) is 34.1 Å². The Morgan fingerprint density at radius 3 is 2.50 bits per heavy atom. The number of hydrogen-bond donors (Lipinski definition) is 1. The average molecular weight is 424 g/mol. The summed E-state index contributed by atoms with van der Waals surface area (Å²) in [4.78, 5) is 19.9. The van der Waals surface area contributed by atoms with Crippen molar-refractivity contribution in [1.29, 1.82) is 0 Å². The van der Waals surface area contributed by atoms with E-state index in [1.165, 1.54) is 27.8 Å². The number of aliphatic imine (C=N–C) groups is 1. The fraction of sp³-hybridized carbons (Fsp3) is 0.292. The molecule has 0 aliphatic rings. The van der Waals surface area contributed by atoms with Crippen LogP contribution < -0.4 is 0 Å². The molecular formula is C24H29N3O2S. The molecule has 0 fully saturated rings. The van der Waals surface area contributed by atoms with Gasteiger partial charge in [0, 0.05) is 31.0 Å². The number of aryl methyl sites for hydroxylation is 3. The van der Waals surface area contributed by atoms with Crippen molar-refractivity contribution in [1.82, 2.24) is 9.88 Å². The molecule has 6 heteroatoms. The van der Waals surface area contributed by atoms with E-state index < -0.39 is 0 Å². The monoisotopic (exact) mass is 423 g/mol. The van der Waals surface area contributed by atoms with E-state index in [4.69, 9.17) is 14.9 Å². The Bertz CT molecular complexity index is 1010. The first-order valence-electron chi connectivity index (χ1n) is 9.82. The third-order valence-electron chi connectivity index (χ3n) is 4.86. The van der Waals surface area contributed by atoms with Gasteiger partial charge in [0.1, 0.15) is 0 Å². The quantitative estimate of drug-likeness (QED) is 0.317. The van der Waals surface area contributed by atoms with Crippen molar-refractivity contribution in [3.8, 4) is 11.3 Å². The molecule has 0 aliphatic carbocycles. The van der Waals surface area contributed by atoms with Crippen molar-refractivity contribution in [3.63, 3.8) is 0 Å². The van der Waals surface area contributed by atoms with Crippen LogP contribution in [0, 0.1) is 20.8 Å². The smallest absolute Gasteiger partial charge is 0.290 e. The molecule has 158 valence electrons. The van der Waals surface area contributed by atoms with Gasteiger partial charge in [-0.3, -0.25) is 4.79 Å². The van der Waals surface area contributed by atoms with Crippen LogP contribution in [0.15, 0.2) is 46.8 Å². The lowest BCUT2D eigenvalue weighted by Crippen LogP contribution is -2.14. The summed E-state index contributed by atoms with van der Waals surface area (Å²) in [6.45, 7) is 9.24. The third-order valence-corrected chi connectivity index (χ3v) is 5.71. The maximum absolute atomic E-state index is 8.36. The van der Waals surface area contributed by atoms with Gasteiger partial charge in [-0.25, -0.2) is 9.98 Å². The maximum Gasteiger partial charge on any atom is 0.290 e. The summed E-state index contributed by atoms with van der Waals surface area (Å²) in [5.41, 5.74) is 8.38. The Balaban J connectivity index is 0.00000101. The molecule has 0 aliphatic heterocycles. The SMILES string of the molecule is CCN(C)C=Nc1cc(C)c(Cc2nc(-c3ccccc3C)cs2)cc1C.O=CO. The van der Waals surface area contributed by atoms with Crippen LogP contribution >= 0.6 is 11.3 Å². The molecule has 3 aromatic rings. The highest BCUT2D eigenvalue weighted by Gasteiger charge is 2.10. The molecule has 0 radical (unpaired) electrons. The number of thiazole rings is 1. The first-order valence-corrected chi connectivity index (χ1v) is 10.7. The molecule has 0 spiro atoms. The molecule has 1 N–H and O–H groups in total. The zero-order valence-electron chi connectivity index (χ0n) is 18.2. The second-order valence-corrected chi connectivity index (χ2v) is 8.05. The van der Waals surface area contributed by atoms with Crippen LogP contribution in [0.5, 0.6) is 0 Å². The van der Waals surface area contributed by atoms with Gasteiger partial charge in [-0.05, 0) is 56.0 Å². The standard InChI is InChI=1S/C23H27N3S.CH2O2/c1-6-26(5)15-24-21-12-17(3)19(11-18(21)4)13-23-25-22(14-27-23)20-10-8-7-9-16(20)2;2-1-3/h7-12,14-15H,6,13H2,1-5H3;1H,(H,2,3). The Kier molecular flexibility index (Phi) is 8.74. The molecule has 0 saturated heterocycles. The highest BCUT2D eigenvalue weighted by Crippen LogP contribution is 2.28. The van der Waals surface area contributed by atoms with Crippen molar-refractivity contribution >= 4 is 29.8 Å². The van der Waals surface area contributed by atoms with Crippen LogP contribution in [0.3, 0.4) is 0 Å². The Labute approximate surface area is 182 Å². The molecule has 1 aromatic heterocycles. The predicted octanol–water partition coefficient (Wildman–Crippen LogP) is 5.64. The third kappa shape index (κ3) is 6.26. The minimum atomic E-state index is -0.250. The second kappa shape index (κ2) is 11.3. The lowest BCUT2D eigenvalue weighted by molar-refractivity contribution is -0.122. The normalized spacial score (nSPS) is 10.6. The Morgan fingerprint density at radius 1 is 1.13 bits per heavy atom. The molecule has 3 rings (SSSR count). The molecule has 0 amide bonds. The zero-order chi connectivity index (χ0) is 22.1. The van der Waals surface area contributed by atoms with E-state index in [9.17, 15) is 0 Å². The fourth-order valence-electron chi connectivity index (χ4n) is 2.97. The lowest BCUT2D eigenvalue weighted by Gasteiger charge is -2.11. The molecule has 5 nitrogen and oxygen atoms in total. The van der Waals surface area contributed by atoms with Gasteiger partial charge < -0.3 is 10.0 Å². The summed E-state index contributed by atoms with van der Waals surface area (Å²) in [6, 6.07) is 12.9. The summed E-state index contributed by atoms with van der Waals surface area (Å²) >= 11 is 1.74. The minimum Gasteiger partial charge on any atom is -0.483 e. The molecule has 0 saturated carbocycles. The van der Waals surface area contributed by atoms with Crippen LogP contribution in [0.1, 0.15) is 34.2 Å². The topological polar surface area (TPSA) is 65.8 Å². The van der Waals surface area contributed by atoms with Crippen molar-refractivity contribution in [2.24, 2.45) is 4.99 Å². The number of carbonyl (C=O) groups is 1. The number of benzene rings is 2. The van der Waals surface area contributed by atoms with Gasteiger partial charge >= 0.3 is 0 Å². The van der Waals surface area contributed by atoms with Gasteiger partial charge in [-0.15, -0.1) is 11.3 Å². The molecule has 1 heterocycles. The molecule has 0 atom stereocenters. The van der Waals surface area contributed by atoms with Gasteiger partial charge in [0.05, 0.1) is 22.7 Å². The van der Waals surface area contributed by atoms with Crippen LogP contribution in [0.2, 0.25) is 0 Å². The average Bonchev–Trinajstić information content (AvgIpc) is 3.18. The van der Waals surface area contributed by atoms with Gasteiger partial charge in [-0.1, -0.05) is 30.3 Å². The van der Waals surface area contributed by atoms with Gasteiger partial charge in [0.25, 0.3) is 6.47 Å². The molecule has 30 heavy (non-hydrogen) atoms. The first kappa shape index (κ1) is 23.3. The van der Waals surface area contributed by atoms with E-state index in [0.29, 0.717) is 0 Å². The van der Waals surface area contributed by atoms with E-state index in [2.05, 4.69) is 79.4 Å². The highest BCUT2D eigenvalue weighted by molar-refractivity contribution is 7.10. The lowest BCUT2D eigenvalue weighted by atomic mass is 10.0. The van der Waals surface area contributed by atoms with E-state index in [1.54, 1.807) is 11.3 Å². The number of nitrogens with zero attached hydrogens (tertiary/aromatic N) is 3. The van der Waals surface area contributed by atoms with Crippen LogP contribution in [-0.4, -0.2) is 41.4 Å². The highest BCUT2D eigenvalue weighted by atomic mass is 32.1. The van der Waals surface area contributed by atoms with Crippen LogP contribution in [0.4, 0.5) is 5.69 Å². The predicted molar refractivity (Wildman–Crippen MR) is 126 cm³/mol. The van der Waals surface area contributed by atoms with E-state index in [0.717, 1.165) is 29.4 Å². The van der Waals surface area contributed by atoms with Crippen molar-refractivity contribution in [2.75, 3.05) is 13.6 Å². The number of aromatic nitrogens is 1. The summed E-state index contributed by atoms with van der Waals surface area (Å²) in [7, 11) is 2.04. The summed E-state index contributed by atoms with van der Waals surface area (Å²) in [5.74, 6) is 0. The molecule has 0 unspecified atom stereocenters. The number of rotatable bonds is 6. The second-order valence-electron chi connectivity index (χ2n) is 7.11. The molecular weight excluding hydrogens is 394 g/mol. The fourth-order valence-corrected chi connectivity index (χ4v) is 3.79. The van der Waals surface area contributed by atoms with Gasteiger partial charge in [0.15, 0.2) is 0 Å². The largest absolute Gasteiger partial charge is 0.483 e. The Hall–Kier alpha value is -2.99. The zero-order valence-corrected chi connectivity index (χ0v) is 19.0. The van der Waals surface area contributed by atoms with E-state index in [1.807, 2.05) is 13.4 Å². The maximum atomic E-state index is 8.36. The minimum absolute atomic E-state index is 0.250. The van der Waals surface area contributed by atoms with Crippen LogP contribution in [0.25, 0.3) is 11.3 Å². The summed E-state index contributed by atoms with van der Waals surface area (Å²) in [6.07, 6.45) is 2.76. The number of hydrogen-bond acceptors (Lipinski definition) is 4. The summed E-state index contributed by atoms with van der Waals surface area (Å²) in [5, 5.41) is 10.2. The van der Waals surface area contributed by atoms with Crippen LogP contribution in [-0.2, 0) is 11.2 Å². The van der Waals surface area contributed by atoms with Crippen molar-refractivity contribution in [3.05, 3.63) is 69.0 Å².